The smallest absolute Gasteiger partial charge is 0.410 e. The van der Waals surface area contributed by atoms with Crippen molar-refractivity contribution in [2.75, 3.05) is 20.2 Å². The molecular formula is C12H21NO4. The van der Waals surface area contributed by atoms with Crippen molar-refractivity contribution >= 4 is 12.1 Å². The molecule has 98 valence electrons. The lowest BCUT2D eigenvalue weighted by molar-refractivity contribution is -0.141. The summed E-state index contributed by atoms with van der Waals surface area (Å²) in [5, 5.41) is 0. The van der Waals surface area contributed by atoms with E-state index in [1.54, 1.807) is 4.90 Å². The third-order valence-corrected chi connectivity index (χ3v) is 2.62. The Morgan fingerprint density at radius 1 is 1.35 bits per heavy atom. The van der Waals surface area contributed by atoms with Crippen LogP contribution in [0.15, 0.2) is 0 Å². The number of rotatable bonds is 2. The molecule has 17 heavy (non-hydrogen) atoms. The van der Waals surface area contributed by atoms with Gasteiger partial charge in [-0.1, -0.05) is 0 Å². The average molecular weight is 243 g/mol. The van der Waals surface area contributed by atoms with E-state index < -0.39 is 5.60 Å². The molecule has 0 aliphatic carbocycles. The molecule has 5 heteroatoms. The van der Waals surface area contributed by atoms with E-state index >= 15 is 0 Å². The Bertz CT molecular complexity index is 295. The van der Waals surface area contributed by atoms with Crippen molar-refractivity contribution in [1.82, 2.24) is 4.90 Å². The number of hydrogen-bond donors (Lipinski definition) is 0. The highest BCUT2D eigenvalue weighted by atomic mass is 16.6. The standard InChI is InChI=1S/C12H21NO4/c1-12(2,3)17-11(15)13-6-5-9(8-13)7-10(14)16-4/h9H,5-8H2,1-4H3/t9-/m0/s1. The number of likely N-dealkylation sites (tertiary alicyclic amines) is 1. The summed E-state index contributed by atoms with van der Waals surface area (Å²) >= 11 is 0. The fourth-order valence-electron chi connectivity index (χ4n) is 1.81. The molecule has 1 heterocycles. The quantitative estimate of drug-likeness (QED) is 0.694. The highest BCUT2D eigenvalue weighted by Gasteiger charge is 2.30. The number of methoxy groups -OCH3 is 1. The Hall–Kier alpha value is -1.26. The Balaban J connectivity index is 2.39. The lowest BCUT2D eigenvalue weighted by atomic mass is 10.1. The summed E-state index contributed by atoms with van der Waals surface area (Å²) in [6, 6.07) is 0. The number of hydrogen-bond acceptors (Lipinski definition) is 4. The van der Waals surface area contributed by atoms with E-state index in [1.165, 1.54) is 7.11 Å². The van der Waals surface area contributed by atoms with Gasteiger partial charge in [-0.15, -0.1) is 0 Å². The second-order valence-corrected chi connectivity index (χ2v) is 5.36. The van der Waals surface area contributed by atoms with Gasteiger partial charge in [0.25, 0.3) is 0 Å². The van der Waals surface area contributed by atoms with Gasteiger partial charge in [-0.25, -0.2) is 4.79 Å². The molecule has 0 spiro atoms. The lowest BCUT2D eigenvalue weighted by Gasteiger charge is -2.24. The molecule has 0 bridgehead atoms. The third kappa shape index (κ3) is 4.63. The Labute approximate surface area is 102 Å². The van der Waals surface area contributed by atoms with Crippen molar-refractivity contribution in [2.24, 2.45) is 5.92 Å². The molecule has 0 radical (unpaired) electrons. The maximum absolute atomic E-state index is 11.7. The lowest BCUT2D eigenvalue weighted by Crippen LogP contribution is -2.35. The van der Waals surface area contributed by atoms with E-state index in [2.05, 4.69) is 4.74 Å². The molecule has 1 aliphatic rings. The largest absolute Gasteiger partial charge is 0.469 e. The van der Waals surface area contributed by atoms with Gasteiger partial charge >= 0.3 is 12.1 Å². The van der Waals surface area contributed by atoms with Crippen molar-refractivity contribution in [3.05, 3.63) is 0 Å². The molecule has 1 aliphatic heterocycles. The van der Waals surface area contributed by atoms with E-state index in [9.17, 15) is 9.59 Å². The Morgan fingerprint density at radius 2 is 2.00 bits per heavy atom. The number of amides is 1. The molecule has 1 amide bonds. The zero-order valence-electron chi connectivity index (χ0n) is 11.0. The van der Waals surface area contributed by atoms with Crippen molar-refractivity contribution in [3.63, 3.8) is 0 Å². The van der Waals surface area contributed by atoms with Crippen LogP contribution in [0.4, 0.5) is 4.79 Å². The van der Waals surface area contributed by atoms with Gasteiger partial charge in [0.15, 0.2) is 0 Å². The molecule has 1 saturated heterocycles. The number of carbonyl (C=O) groups excluding carboxylic acids is 2. The van der Waals surface area contributed by atoms with Crippen LogP contribution in [0.2, 0.25) is 0 Å². The summed E-state index contributed by atoms with van der Waals surface area (Å²) in [7, 11) is 1.38. The third-order valence-electron chi connectivity index (χ3n) is 2.62. The van der Waals surface area contributed by atoms with Gasteiger partial charge in [0, 0.05) is 13.1 Å². The minimum Gasteiger partial charge on any atom is -0.469 e. The van der Waals surface area contributed by atoms with E-state index in [1.807, 2.05) is 20.8 Å². The van der Waals surface area contributed by atoms with Crippen molar-refractivity contribution in [2.45, 2.75) is 39.2 Å². The summed E-state index contributed by atoms with van der Waals surface area (Å²) in [4.78, 5) is 24.5. The summed E-state index contributed by atoms with van der Waals surface area (Å²) in [6.07, 6.45) is 0.898. The van der Waals surface area contributed by atoms with Gasteiger partial charge in [-0.3, -0.25) is 4.79 Å². The highest BCUT2D eigenvalue weighted by Crippen LogP contribution is 2.22. The predicted molar refractivity (Wildman–Crippen MR) is 62.5 cm³/mol. The van der Waals surface area contributed by atoms with Crippen molar-refractivity contribution in [1.29, 1.82) is 0 Å². The van der Waals surface area contributed by atoms with Crippen LogP contribution in [-0.4, -0.2) is 42.8 Å². The van der Waals surface area contributed by atoms with E-state index in [4.69, 9.17) is 4.74 Å². The zero-order chi connectivity index (χ0) is 13.1. The average Bonchev–Trinajstić information content (AvgIpc) is 2.63. The summed E-state index contributed by atoms with van der Waals surface area (Å²) in [5.41, 5.74) is -0.475. The van der Waals surface area contributed by atoms with Gasteiger partial charge in [-0.05, 0) is 33.1 Å². The number of carbonyl (C=O) groups is 2. The molecule has 0 saturated carbocycles. The molecule has 1 atom stereocenters. The molecule has 1 rings (SSSR count). The fraction of sp³-hybridized carbons (Fsp3) is 0.833. The number of esters is 1. The normalized spacial score (nSPS) is 20.2. The van der Waals surface area contributed by atoms with Gasteiger partial charge in [0.05, 0.1) is 13.5 Å². The van der Waals surface area contributed by atoms with Gasteiger partial charge in [-0.2, -0.15) is 0 Å². The molecule has 0 aromatic rings. The molecular weight excluding hydrogens is 222 g/mol. The topological polar surface area (TPSA) is 55.8 Å². The minimum atomic E-state index is -0.475. The zero-order valence-corrected chi connectivity index (χ0v) is 11.0. The molecule has 0 aromatic heterocycles. The molecule has 0 aromatic carbocycles. The number of ether oxygens (including phenoxy) is 2. The Morgan fingerprint density at radius 3 is 2.53 bits per heavy atom. The van der Waals surface area contributed by atoms with Gasteiger partial charge in [0.1, 0.15) is 5.60 Å². The molecule has 5 nitrogen and oxygen atoms in total. The molecule has 0 N–H and O–H groups in total. The van der Waals surface area contributed by atoms with E-state index in [0.29, 0.717) is 19.5 Å². The van der Waals surface area contributed by atoms with Crippen LogP contribution in [0, 0.1) is 5.92 Å². The van der Waals surface area contributed by atoms with Crippen LogP contribution in [-0.2, 0) is 14.3 Å². The van der Waals surface area contributed by atoms with Crippen molar-refractivity contribution < 1.29 is 19.1 Å². The van der Waals surface area contributed by atoms with Crippen LogP contribution in [0.25, 0.3) is 0 Å². The maximum Gasteiger partial charge on any atom is 0.410 e. The maximum atomic E-state index is 11.7. The van der Waals surface area contributed by atoms with Crippen LogP contribution < -0.4 is 0 Å². The SMILES string of the molecule is COC(=O)C[C@@H]1CCN(C(=O)OC(C)(C)C)C1. The monoisotopic (exact) mass is 243 g/mol. The Kier molecular flexibility index (Phi) is 4.37. The van der Waals surface area contributed by atoms with E-state index in [-0.39, 0.29) is 18.0 Å². The first-order valence-corrected chi connectivity index (χ1v) is 5.86. The van der Waals surface area contributed by atoms with Crippen LogP contribution in [0.1, 0.15) is 33.6 Å². The summed E-state index contributed by atoms with van der Waals surface area (Å²) in [5.74, 6) is -0.0315. The minimum absolute atomic E-state index is 0.190. The van der Waals surface area contributed by atoms with E-state index in [0.717, 1.165) is 6.42 Å². The predicted octanol–water partition coefficient (Wildman–Crippen LogP) is 1.81. The second-order valence-electron chi connectivity index (χ2n) is 5.36. The molecule has 1 fully saturated rings. The fourth-order valence-corrected chi connectivity index (χ4v) is 1.81. The van der Waals surface area contributed by atoms with Crippen molar-refractivity contribution in [3.8, 4) is 0 Å². The summed E-state index contributed by atoms with van der Waals surface area (Å²) in [6.45, 7) is 6.74. The van der Waals surface area contributed by atoms with Crippen LogP contribution in [0.3, 0.4) is 0 Å². The second kappa shape index (κ2) is 5.38. The molecule has 0 unspecified atom stereocenters. The van der Waals surface area contributed by atoms with Crippen LogP contribution in [0.5, 0.6) is 0 Å². The highest BCUT2D eigenvalue weighted by molar-refractivity contribution is 5.71. The first-order chi connectivity index (χ1) is 7.81. The van der Waals surface area contributed by atoms with Crippen LogP contribution >= 0.6 is 0 Å². The van der Waals surface area contributed by atoms with Gasteiger partial charge < -0.3 is 14.4 Å². The first kappa shape index (κ1) is 13.8. The summed E-state index contributed by atoms with van der Waals surface area (Å²) < 4.78 is 9.89. The first-order valence-electron chi connectivity index (χ1n) is 5.86. The number of nitrogens with zero attached hydrogens (tertiary/aromatic N) is 1. The van der Waals surface area contributed by atoms with Gasteiger partial charge in [0.2, 0.25) is 0 Å².